The number of aliphatic imine (C=N–C) groups is 1. The standard InChI is InChI=1S/C26H33N5O2/c1-2-27-26(29-18-21-11-13-23(14-12-21)31-16-4-6-25(31)33)28-17-20-7-9-22(10-8-20)19-30-15-3-5-24(30)32/h7-14H,2-6,15-19H2,1H3,(H2,27,28,29). The fraction of sp³-hybridized carbons (Fsp3) is 0.423. The highest BCUT2D eigenvalue weighted by molar-refractivity contribution is 5.95. The van der Waals surface area contributed by atoms with Gasteiger partial charge in [-0.2, -0.15) is 0 Å². The first-order chi connectivity index (χ1) is 16.1. The number of guanidine groups is 1. The molecule has 7 nitrogen and oxygen atoms in total. The molecule has 0 saturated carbocycles. The van der Waals surface area contributed by atoms with Crippen LogP contribution in [0, 0.1) is 0 Å². The molecule has 2 fully saturated rings. The SMILES string of the molecule is CCNC(=NCc1ccc(N2CCCC2=O)cc1)NCc1ccc(CN2CCCC2=O)cc1. The molecule has 0 aliphatic carbocycles. The summed E-state index contributed by atoms with van der Waals surface area (Å²) in [6.45, 7) is 6.43. The highest BCUT2D eigenvalue weighted by Gasteiger charge is 2.21. The molecule has 174 valence electrons. The van der Waals surface area contributed by atoms with Gasteiger partial charge in [0.1, 0.15) is 0 Å². The summed E-state index contributed by atoms with van der Waals surface area (Å²) in [5.74, 6) is 1.23. The van der Waals surface area contributed by atoms with Crippen LogP contribution < -0.4 is 15.5 Å². The van der Waals surface area contributed by atoms with Crippen molar-refractivity contribution in [3.05, 3.63) is 65.2 Å². The van der Waals surface area contributed by atoms with Crippen molar-refractivity contribution in [3.8, 4) is 0 Å². The first kappa shape index (κ1) is 22.8. The summed E-state index contributed by atoms with van der Waals surface area (Å²) in [5.41, 5.74) is 4.39. The summed E-state index contributed by atoms with van der Waals surface area (Å²) >= 11 is 0. The number of likely N-dealkylation sites (tertiary alicyclic amines) is 1. The lowest BCUT2D eigenvalue weighted by atomic mass is 10.1. The lowest BCUT2D eigenvalue weighted by Crippen LogP contribution is -2.36. The van der Waals surface area contributed by atoms with Crippen molar-refractivity contribution in [1.82, 2.24) is 15.5 Å². The van der Waals surface area contributed by atoms with E-state index in [1.54, 1.807) is 0 Å². The van der Waals surface area contributed by atoms with Crippen LogP contribution >= 0.6 is 0 Å². The third-order valence-corrected chi connectivity index (χ3v) is 6.11. The Hall–Kier alpha value is -3.35. The minimum Gasteiger partial charge on any atom is -0.357 e. The van der Waals surface area contributed by atoms with E-state index < -0.39 is 0 Å². The van der Waals surface area contributed by atoms with E-state index in [1.165, 1.54) is 0 Å². The smallest absolute Gasteiger partial charge is 0.227 e. The Morgan fingerprint density at radius 1 is 0.848 bits per heavy atom. The van der Waals surface area contributed by atoms with E-state index in [4.69, 9.17) is 4.99 Å². The van der Waals surface area contributed by atoms with Gasteiger partial charge in [0, 0.05) is 51.3 Å². The zero-order chi connectivity index (χ0) is 23.0. The lowest BCUT2D eigenvalue weighted by Gasteiger charge is -2.16. The number of hydrogen-bond acceptors (Lipinski definition) is 3. The minimum absolute atomic E-state index is 0.206. The first-order valence-electron chi connectivity index (χ1n) is 11.9. The predicted octanol–water partition coefficient (Wildman–Crippen LogP) is 3.19. The summed E-state index contributed by atoms with van der Waals surface area (Å²) in [6, 6.07) is 16.5. The Kier molecular flexibility index (Phi) is 7.60. The number of carbonyl (C=O) groups is 2. The number of benzene rings is 2. The van der Waals surface area contributed by atoms with E-state index in [9.17, 15) is 9.59 Å². The molecule has 4 rings (SSSR count). The molecule has 33 heavy (non-hydrogen) atoms. The van der Waals surface area contributed by atoms with Gasteiger partial charge in [0.15, 0.2) is 5.96 Å². The van der Waals surface area contributed by atoms with Gasteiger partial charge in [-0.15, -0.1) is 0 Å². The molecule has 0 unspecified atom stereocenters. The Morgan fingerprint density at radius 2 is 1.52 bits per heavy atom. The van der Waals surface area contributed by atoms with Crippen molar-refractivity contribution in [2.45, 2.75) is 52.2 Å². The average Bonchev–Trinajstić information content (AvgIpc) is 3.45. The van der Waals surface area contributed by atoms with E-state index in [-0.39, 0.29) is 11.8 Å². The second-order valence-corrected chi connectivity index (χ2v) is 8.60. The Bertz CT molecular complexity index is 985. The number of nitrogens with zero attached hydrogens (tertiary/aromatic N) is 3. The van der Waals surface area contributed by atoms with Crippen LogP contribution in [0.3, 0.4) is 0 Å². The van der Waals surface area contributed by atoms with Gasteiger partial charge < -0.3 is 20.4 Å². The van der Waals surface area contributed by atoms with Crippen LogP contribution in [0.1, 0.15) is 49.3 Å². The van der Waals surface area contributed by atoms with Gasteiger partial charge in [-0.05, 0) is 48.6 Å². The van der Waals surface area contributed by atoms with Gasteiger partial charge in [0.2, 0.25) is 11.8 Å². The third kappa shape index (κ3) is 6.12. The average molecular weight is 448 g/mol. The van der Waals surface area contributed by atoms with E-state index in [2.05, 4.69) is 34.9 Å². The molecule has 2 aliphatic heterocycles. The number of nitrogens with one attached hydrogen (secondary N) is 2. The van der Waals surface area contributed by atoms with Crippen LogP contribution in [-0.4, -0.2) is 42.3 Å². The van der Waals surface area contributed by atoms with E-state index in [0.29, 0.717) is 32.5 Å². The maximum absolute atomic E-state index is 11.9. The molecule has 0 bridgehead atoms. The second-order valence-electron chi connectivity index (χ2n) is 8.60. The van der Waals surface area contributed by atoms with Crippen molar-refractivity contribution in [2.24, 2.45) is 4.99 Å². The van der Waals surface area contributed by atoms with Gasteiger partial charge in [-0.25, -0.2) is 4.99 Å². The molecular formula is C26H33N5O2. The van der Waals surface area contributed by atoms with Gasteiger partial charge in [-0.3, -0.25) is 9.59 Å². The van der Waals surface area contributed by atoms with Gasteiger partial charge in [-0.1, -0.05) is 36.4 Å². The molecule has 0 radical (unpaired) electrons. The Labute approximate surface area is 195 Å². The number of hydrogen-bond donors (Lipinski definition) is 2. The topological polar surface area (TPSA) is 77.0 Å². The fourth-order valence-electron chi connectivity index (χ4n) is 4.25. The third-order valence-electron chi connectivity index (χ3n) is 6.11. The van der Waals surface area contributed by atoms with Crippen LogP contribution in [-0.2, 0) is 29.2 Å². The lowest BCUT2D eigenvalue weighted by molar-refractivity contribution is -0.128. The summed E-state index contributed by atoms with van der Waals surface area (Å²) in [5, 5.41) is 6.68. The maximum Gasteiger partial charge on any atom is 0.227 e. The summed E-state index contributed by atoms with van der Waals surface area (Å²) in [7, 11) is 0. The molecular weight excluding hydrogens is 414 g/mol. The van der Waals surface area contributed by atoms with Crippen LogP contribution in [0.25, 0.3) is 0 Å². The molecule has 2 heterocycles. The summed E-state index contributed by atoms with van der Waals surface area (Å²) < 4.78 is 0. The monoisotopic (exact) mass is 447 g/mol. The van der Waals surface area contributed by atoms with Crippen LogP contribution in [0.2, 0.25) is 0 Å². The summed E-state index contributed by atoms with van der Waals surface area (Å²) in [4.78, 5) is 32.2. The van der Waals surface area contributed by atoms with Gasteiger partial charge >= 0.3 is 0 Å². The Balaban J connectivity index is 1.30. The fourth-order valence-corrected chi connectivity index (χ4v) is 4.25. The molecule has 2 saturated heterocycles. The quantitative estimate of drug-likeness (QED) is 0.481. The van der Waals surface area contributed by atoms with E-state index >= 15 is 0 Å². The predicted molar refractivity (Wildman–Crippen MR) is 131 cm³/mol. The molecule has 7 heteroatoms. The van der Waals surface area contributed by atoms with Crippen molar-refractivity contribution in [1.29, 1.82) is 0 Å². The molecule has 0 spiro atoms. The number of carbonyl (C=O) groups excluding carboxylic acids is 2. The van der Waals surface area contributed by atoms with Gasteiger partial charge in [0.25, 0.3) is 0 Å². The molecule has 2 aliphatic rings. The molecule has 2 aromatic rings. The van der Waals surface area contributed by atoms with Crippen LogP contribution in [0.5, 0.6) is 0 Å². The highest BCUT2D eigenvalue weighted by Crippen LogP contribution is 2.21. The van der Waals surface area contributed by atoms with E-state index in [0.717, 1.165) is 60.8 Å². The van der Waals surface area contributed by atoms with Crippen molar-refractivity contribution < 1.29 is 9.59 Å². The van der Waals surface area contributed by atoms with Gasteiger partial charge in [0.05, 0.1) is 6.54 Å². The molecule has 2 amide bonds. The molecule has 2 N–H and O–H groups in total. The second kappa shape index (κ2) is 11.0. The van der Waals surface area contributed by atoms with Crippen molar-refractivity contribution in [3.63, 3.8) is 0 Å². The summed E-state index contributed by atoms with van der Waals surface area (Å²) in [6.07, 6.45) is 3.22. The molecule has 2 aromatic carbocycles. The maximum atomic E-state index is 11.9. The molecule has 0 atom stereocenters. The zero-order valence-electron chi connectivity index (χ0n) is 19.3. The molecule has 0 aromatic heterocycles. The number of amides is 2. The zero-order valence-corrected chi connectivity index (χ0v) is 19.3. The van der Waals surface area contributed by atoms with E-state index in [1.807, 2.05) is 41.0 Å². The minimum atomic E-state index is 0.206. The van der Waals surface area contributed by atoms with Crippen molar-refractivity contribution >= 4 is 23.5 Å². The number of anilines is 1. The van der Waals surface area contributed by atoms with Crippen molar-refractivity contribution in [2.75, 3.05) is 24.5 Å². The number of rotatable bonds is 8. The van der Waals surface area contributed by atoms with Crippen LogP contribution in [0.4, 0.5) is 5.69 Å². The first-order valence-corrected chi connectivity index (χ1v) is 11.9. The van der Waals surface area contributed by atoms with Crippen LogP contribution in [0.15, 0.2) is 53.5 Å². The largest absolute Gasteiger partial charge is 0.357 e. The Morgan fingerprint density at radius 3 is 2.15 bits per heavy atom. The normalized spacial score (nSPS) is 16.6. The highest BCUT2D eigenvalue weighted by atomic mass is 16.2.